The summed E-state index contributed by atoms with van der Waals surface area (Å²) in [5, 5.41) is 43.7. The van der Waals surface area contributed by atoms with Crippen molar-refractivity contribution in [3.05, 3.63) is 111 Å². The van der Waals surface area contributed by atoms with E-state index in [0.29, 0.717) is 22.6 Å². The fourth-order valence-electron chi connectivity index (χ4n) is 3.21. The van der Waals surface area contributed by atoms with Crippen molar-refractivity contribution in [1.29, 1.82) is 0 Å². The molecular formula is C24H17N5O5. The molecule has 168 valence electrons. The zero-order valence-electron chi connectivity index (χ0n) is 17.5. The minimum absolute atomic E-state index is 0.127. The van der Waals surface area contributed by atoms with Crippen LogP contribution in [0.2, 0.25) is 0 Å². The van der Waals surface area contributed by atoms with Gasteiger partial charge < -0.3 is 10.4 Å². The molecule has 0 aliphatic carbocycles. The molecule has 0 unspecified atom stereocenters. The zero-order valence-corrected chi connectivity index (χ0v) is 17.5. The lowest BCUT2D eigenvalue weighted by atomic mass is 10.0. The van der Waals surface area contributed by atoms with Crippen LogP contribution in [0, 0.1) is 20.2 Å². The molecular weight excluding hydrogens is 438 g/mol. The van der Waals surface area contributed by atoms with Crippen LogP contribution < -0.4 is 5.32 Å². The second-order valence-corrected chi connectivity index (χ2v) is 7.16. The van der Waals surface area contributed by atoms with E-state index < -0.39 is 15.5 Å². The number of phenols is 1. The minimum atomic E-state index is -0.687. The summed E-state index contributed by atoms with van der Waals surface area (Å²) in [4.78, 5) is 20.8. The SMILES string of the molecule is O=[N+]([O-])c1ccc(Nc2ccc(N=Nc3ccc(O)c(-c4ccccc4)c3)cc2)c([N+](=O)[O-])c1. The smallest absolute Gasteiger partial charge is 0.299 e. The number of azo groups is 1. The topological polar surface area (TPSA) is 143 Å². The van der Waals surface area contributed by atoms with E-state index in [1.807, 2.05) is 30.3 Å². The Balaban J connectivity index is 1.51. The van der Waals surface area contributed by atoms with Crippen molar-refractivity contribution in [1.82, 2.24) is 0 Å². The van der Waals surface area contributed by atoms with Crippen LogP contribution in [0.1, 0.15) is 0 Å². The van der Waals surface area contributed by atoms with E-state index in [1.165, 1.54) is 12.1 Å². The van der Waals surface area contributed by atoms with Crippen LogP contribution in [0.5, 0.6) is 5.75 Å². The van der Waals surface area contributed by atoms with Gasteiger partial charge in [-0.25, -0.2) is 0 Å². The number of nitro groups is 2. The average Bonchev–Trinajstić information content (AvgIpc) is 2.85. The maximum Gasteiger partial charge on any atom is 0.299 e. The van der Waals surface area contributed by atoms with Gasteiger partial charge in [0.1, 0.15) is 11.4 Å². The lowest BCUT2D eigenvalue weighted by Crippen LogP contribution is -1.98. The zero-order chi connectivity index (χ0) is 24.1. The number of rotatable bonds is 7. The van der Waals surface area contributed by atoms with Crippen LogP contribution in [0.3, 0.4) is 0 Å². The summed E-state index contributed by atoms with van der Waals surface area (Å²) in [7, 11) is 0. The molecule has 10 heteroatoms. The molecule has 0 saturated carbocycles. The number of benzene rings is 4. The molecule has 0 radical (unpaired) electrons. The van der Waals surface area contributed by atoms with Crippen molar-refractivity contribution in [2.24, 2.45) is 10.2 Å². The molecule has 0 aliphatic heterocycles. The van der Waals surface area contributed by atoms with Crippen molar-refractivity contribution >= 4 is 34.1 Å². The van der Waals surface area contributed by atoms with Crippen molar-refractivity contribution < 1.29 is 15.0 Å². The number of hydrogen-bond donors (Lipinski definition) is 2. The Hall–Kier alpha value is -5.12. The van der Waals surface area contributed by atoms with Gasteiger partial charge in [-0.1, -0.05) is 30.3 Å². The Morgan fingerprint density at radius 2 is 1.41 bits per heavy atom. The largest absolute Gasteiger partial charge is 0.507 e. The first-order valence-corrected chi connectivity index (χ1v) is 10.0. The van der Waals surface area contributed by atoms with Gasteiger partial charge in [-0.2, -0.15) is 10.2 Å². The predicted octanol–water partition coefficient (Wildman–Crippen LogP) is 7.03. The molecule has 0 amide bonds. The number of phenolic OH excluding ortho intramolecular Hbond substituents is 1. The maximum absolute atomic E-state index is 11.3. The number of non-ortho nitro benzene ring substituents is 1. The number of nitrogens with one attached hydrogen (secondary N) is 1. The maximum atomic E-state index is 11.3. The Morgan fingerprint density at radius 3 is 2.09 bits per heavy atom. The van der Waals surface area contributed by atoms with Crippen molar-refractivity contribution in [3.63, 3.8) is 0 Å². The fraction of sp³-hybridized carbons (Fsp3) is 0. The summed E-state index contributed by atoms with van der Waals surface area (Å²) in [6.45, 7) is 0. The summed E-state index contributed by atoms with van der Waals surface area (Å²) >= 11 is 0. The van der Waals surface area contributed by atoms with Gasteiger partial charge in [-0.3, -0.25) is 20.2 Å². The Bertz CT molecular complexity index is 1390. The highest BCUT2D eigenvalue weighted by Gasteiger charge is 2.19. The molecule has 0 aliphatic rings. The Morgan fingerprint density at radius 1 is 0.735 bits per heavy atom. The van der Waals surface area contributed by atoms with Crippen molar-refractivity contribution in [3.8, 4) is 16.9 Å². The first kappa shape index (κ1) is 22.1. The summed E-state index contributed by atoms with van der Waals surface area (Å²) in [6, 6.07) is 24.4. The summed E-state index contributed by atoms with van der Waals surface area (Å²) in [5.41, 5.74) is 2.49. The number of hydrogen-bond acceptors (Lipinski definition) is 8. The van der Waals surface area contributed by atoms with E-state index in [1.54, 1.807) is 42.5 Å². The van der Waals surface area contributed by atoms with E-state index in [-0.39, 0.29) is 17.1 Å². The monoisotopic (exact) mass is 455 g/mol. The van der Waals surface area contributed by atoms with Crippen LogP contribution >= 0.6 is 0 Å². The van der Waals surface area contributed by atoms with Crippen molar-refractivity contribution in [2.75, 3.05) is 5.32 Å². The number of anilines is 2. The summed E-state index contributed by atoms with van der Waals surface area (Å²) in [5.74, 6) is 0.140. The van der Waals surface area contributed by atoms with E-state index in [4.69, 9.17) is 0 Å². The summed E-state index contributed by atoms with van der Waals surface area (Å²) in [6.07, 6.45) is 0. The number of nitrogens with zero attached hydrogens (tertiary/aromatic N) is 4. The Kier molecular flexibility index (Phi) is 6.22. The van der Waals surface area contributed by atoms with Gasteiger partial charge in [-0.05, 0) is 54.1 Å². The highest BCUT2D eigenvalue weighted by molar-refractivity contribution is 5.74. The van der Waals surface area contributed by atoms with Crippen LogP contribution in [0.15, 0.2) is 101 Å². The molecule has 34 heavy (non-hydrogen) atoms. The van der Waals surface area contributed by atoms with Gasteiger partial charge in [0.15, 0.2) is 0 Å². The van der Waals surface area contributed by atoms with E-state index in [2.05, 4.69) is 15.5 Å². The molecule has 0 bridgehead atoms. The van der Waals surface area contributed by atoms with Crippen LogP contribution in [0.25, 0.3) is 11.1 Å². The molecule has 0 fully saturated rings. The van der Waals surface area contributed by atoms with E-state index in [9.17, 15) is 25.3 Å². The third-order valence-corrected chi connectivity index (χ3v) is 4.88. The third-order valence-electron chi connectivity index (χ3n) is 4.88. The first-order chi connectivity index (χ1) is 16.4. The Labute approximate surface area is 193 Å². The molecule has 10 nitrogen and oxygen atoms in total. The molecule has 0 atom stereocenters. The lowest BCUT2D eigenvalue weighted by Gasteiger charge is -2.07. The minimum Gasteiger partial charge on any atom is -0.507 e. The molecule has 4 aromatic rings. The second kappa shape index (κ2) is 9.57. The molecule has 0 saturated heterocycles. The molecule has 2 N–H and O–H groups in total. The van der Waals surface area contributed by atoms with Crippen LogP contribution in [0.4, 0.5) is 34.1 Å². The van der Waals surface area contributed by atoms with Gasteiger partial charge in [0.05, 0.1) is 27.3 Å². The van der Waals surface area contributed by atoms with Gasteiger partial charge in [0.2, 0.25) is 0 Å². The van der Waals surface area contributed by atoms with E-state index in [0.717, 1.165) is 11.6 Å². The number of aromatic hydroxyl groups is 1. The van der Waals surface area contributed by atoms with Gasteiger partial charge in [0.25, 0.3) is 11.4 Å². The normalized spacial score (nSPS) is 10.8. The quantitative estimate of drug-likeness (QED) is 0.174. The summed E-state index contributed by atoms with van der Waals surface area (Å²) < 4.78 is 0. The highest BCUT2D eigenvalue weighted by atomic mass is 16.6. The molecule has 0 aromatic heterocycles. The molecule has 0 heterocycles. The fourth-order valence-corrected chi connectivity index (χ4v) is 3.21. The average molecular weight is 455 g/mol. The third kappa shape index (κ3) is 5.02. The standard InChI is InChI=1S/C24H17N5O5/c30-24-13-10-19(14-21(24)16-4-2-1-3-5-16)27-26-18-8-6-17(7-9-18)25-22-12-11-20(28(31)32)15-23(22)29(33)34/h1-15,25,30H. The van der Waals surface area contributed by atoms with Crippen LogP contribution in [-0.2, 0) is 0 Å². The van der Waals surface area contributed by atoms with Gasteiger partial charge >= 0.3 is 0 Å². The highest BCUT2D eigenvalue weighted by Crippen LogP contribution is 2.34. The van der Waals surface area contributed by atoms with Crippen molar-refractivity contribution in [2.45, 2.75) is 0 Å². The molecule has 4 aromatic carbocycles. The second-order valence-electron chi connectivity index (χ2n) is 7.16. The van der Waals surface area contributed by atoms with Gasteiger partial charge in [-0.15, -0.1) is 0 Å². The van der Waals surface area contributed by atoms with E-state index >= 15 is 0 Å². The van der Waals surface area contributed by atoms with Crippen LogP contribution in [-0.4, -0.2) is 15.0 Å². The predicted molar refractivity (Wildman–Crippen MR) is 127 cm³/mol. The first-order valence-electron chi connectivity index (χ1n) is 10.0. The molecule has 4 rings (SSSR count). The number of nitro benzene ring substituents is 2. The molecule has 0 spiro atoms. The van der Waals surface area contributed by atoms with Gasteiger partial charge in [0, 0.05) is 17.3 Å². The lowest BCUT2D eigenvalue weighted by molar-refractivity contribution is -0.393.